The molecule has 1 saturated heterocycles. The summed E-state index contributed by atoms with van der Waals surface area (Å²) < 4.78 is 1.38. The van der Waals surface area contributed by atoms with Crippen molar-refractivity contribution < 1.29 is 9.69 Å². The largest absolute Gasteiger partial charge is 0.327 e. The molecule has 0 aromatic carbocycles. The molecule has 1 aliphatic rings. The third-order valence-corrected chi connectivity index (χ3v) is 5.47. The lowest BCUT2D eigenvalue weighted by Crippen LogP contribution is -3.14. The summed E-state index contributed by atoms with van der Waals surface area (Å²) in [5, 5.41) is 15.4. The van der Waals surface area contributed by atoms with Gasteiger partial charge in [0, 0.05) is 0 Å². The molecule has 7 nitrogen and oxygen atoms in total. The van der Waals surface area contributed by atoms with E-state index in [2.05, 4.69) is 5.10 Å². The summed E-state index contributed by atoms with van der Waals surface area (Å²) in [4.78, 5) is 28.5. The number of nitriles is 1. The molecule has 2 aromatic rings. The molecule has 1 amide bonds. The lowest BCUT2D eigenvalue weighted by Gasteiger charge is -2.32. The maximum absolute atomic E-state index is 12.4. The second-order valence-corrected chi connectivity index (χ2v) is 7.13. The number of carbonyl (C=O) groups is 1. The van der Waals surface area contributed by atoms with E-state index in [0.29, 0.717) is 31.0 Å². The molecule has 25 heavy (non-hydrogen) atoms. The highest BCUT2D eigenvalue weighted by Gasteiger charge is 2.26. The van der Waals surface area contributed by atoms with Gasteiger partial charge in [0.05, 0.1) is 36.8 Å². The number of piperazine rings is 1. The van der Waals surface area contributed by atoms with Crippen LogP contribution in [0.15, 0.2) is 22.3 Å². The van der Waals surface area contributed by atoms with Crippen LogP contribution in [-0.4, -0.2) is 46.8 Å². The molecule has 0 bridgehead atoms. The highest BCUT2D eigenvalue weighted by Crippen LogP contribution is 2.12. The van der Waals surface area contributed by atoms with E-state index < -0.39 is 0 Å². The first kappa shape index (κ1) is 17.3. The van der Waals surface area contributed by atoms with E-state index in [0.717, 1.165) is 18.0 Å². The molecule has 0 unspecified atom stereocenters. The summed E-state index contributed by atoms with van der Waals surface area (Å²) >= 11 is 1.45. The molecule has 8 heteroatoms. The van der Waals surface area contributed by atoms with Gasteiger partial charge in [-0.05, 0) is 30.9 Å². The predicted octanol–water partition coefficient (Wildman–Crippen LogP) is -0.208. The molecular formula is C17H20N5O2S+. The molecule has 3 heterocycles. The highest BCUT2D eigenvalue weighted by molar-refractivity contribution is 7.12. The molecule has 1 fully saturated rings. The topological polar surface area (TPSA) is 83.4 Å². The summed E-state index contributed by atoms with van der Waals surface area (Å²) in [5.41, 5.74) is 1.17. The molecular weight excluding hydrogens is 338 g/mol. The normalized spacial score (nSPS) is 15.2. The standard InChI is InChI=1S/C17H19N5O2S/c1-12-13(2)19-22(16(23)14(12)10-18)11-20-5-7-21(8-6-20)17(24)15-4-3-9-25-15/h3-4,9H,5-8,11H2,1-2H3/p+1. The minimum absolute atomic E-state index is 0.0716. The highest BCUT2D eigenvalue weighted by atomic mass is 32.1. The Morgan fingerprint density at radius 1 is 1.40 bits per heavy atom. The van der Waals surface area contributed by atoms with Crippen molar-refractivity contribution in [3.8, 4) is 6.07 Å². The minimum Gasteiger partial charge on any atom is -0.327 e. The van der Waals surface area contributed by atoms with Crippen LogP contribution < -0.4 is 10.5 Å². The quantitative estimate of drug-likeness (QED) is 0.823. The Labute approximate surface area is 149 Å². The van der Waals surface area contributed by atoms with E-state index >= 15 is 0 Å². The van der Waals surface area contributed by atoms with Gasteiger partial charge in [0.25, 0.3) is 11.5 Å². The summed E-state index contributed by atoms with van der Waals surface area (Å²) in [7, 11) is 0. The first-order chi connectivity index (χ1) is 12.0. The lowest BCUT2D eigenvalue weighted by atomic mass is 10.1. The summed E-state index contributed by atoms with van der Waals surface area (Å²) in [5.74, 6) is 0.0716. The first-order valence-electron chi connectivity index (χ1n) is 8.16. The molecule has 0 atom stereocenters. The maximum Gasteiger partial charge on any atom is 0.289 e. The summed E-state index contributed by atoms with van der Waals surface area (Å²) in [6.45, 7) is 6.76. The maximum atomic E-state index is 12.4. The van der Waals surface area contributed by atoms with Crippen molar-refractivity contribution in [2.75, 3.05) is 26.2 Å². The Kier molecular flexibility index (Phi) is 4.97. The fraction of sp³-hybridized carbons (Fsp3) is 0.412. The number of quaternary nitrogens is 1. The molecule has 0 radical (unpaired) electrons. The van der Waals surface area contributed by atoms with Crippen LogP contribution in [0, 0.1) is 25.2 Å². The van der Waals surface area contributed by atoms with Crippen LogP contribution in [0.2, 0.25) is 0 Å². The third kappa shape index (κ3) is 3.48. The van der Waals surface area contributed by atoms with Crippen LogP contribution in [0.1, 0.15) is 26.5 Å². The number of aromatic nitrogens is 2. The predicted molar refractivity (Wildman–Crippen MR) is 93.6 cm³/mol. The Morgan fingerprint density at radius 2 is 2.12 bits per heavy atom. The average Bonchev–Trinajstić information content (AvgIpc) is 3.15. The number of nitrogens with one attached hydrogen (secondary N) is 1. The Hall–Kier alpha value is -2.50. The van der Waals surface area contributed by atoms with Gasteiger partial charge in [-0.15, -0.1) is 11.3 Å². The van der Waals surface area contributed by atoms with Crippen molar-refractivity contribution in [3.63, 3.8) is 0 Å². The van der Waals surface area contributed by atoms with E-state index in [1.165, 1.54) is 20.9 Å². The van der Waals surface area contributed by atoms with Gasteiger partial charge in [-0.3, -0.25) is 9.59 Å². The SMILES string of the molecule is Cc1nn(C[NH+]2CCN(C(=O)c3cccs3)CC2)c(=O)c(C#N)c1C. The van der Waals surface area contributed by atoms with Gasteiger partial charge in [-0.25, -0.2) is 0 Å². The van der Waals surface area contributed by atoms with Crippen LogP contribution in [-0.2, 0) is 6.67 Å². The van der Waals surface area contributed by atoms with Gasteiger partial charge >= 0.3 is 0 Å². The molecule has 1 N–H and O–H groups in total. The molecule has 1 aliphatic heterocycles. The van der Waals surface area contributed by atoms with E-state index in [1.54, 1.807) is 13.8 Å². The van der Waals surface area contributed by atoms with Gasteiger partial charge in [0.2, 0.25) is 0 Å². The number of hydrogen-bond donors (Lipinski definition) is 1. The number of aryl methyl sites for hydroxylation is 1. The van der Waals surface area contributed by atoms with Gasteiger partial charge < -0.3 is 9.80 Å². The van der Waals surface area contributed by atoms with Crippen LogP contribution in [0.25, 0.3) is 0 Å². The van der Waals surface area contributed by atoms with Gasteiger partial charge in [-0.2, -0.15) is 15.0 Å². The zero-order valence-electron chi connectivity index (χ0n) is 14.3. The number of amides is 1. The minimum atomic E-state index is -0.338. The second kappa shape index (κ2) is 7.17. The Bertz CT molecular complexity index is 874. The van der Waals surface area contributed by atoms with E-state index in [1.807, 2.05) is 28.5 Å². The zero-order valence-corrected chi connectivity index (χ0v) is 15.1. The summed E-state index contributed by atoms with van der Waals surface area (Å²) in [6.07, 6.45) is 0. The first-order valence-corrected chi connectivity index (χ1v) is 9.04. The number of carbonyl (C=O) groups excluding carboxylic acids is 1. The number of nitrogens with zero attached hydrogens (tertiary/aromatic N) is 4. The third-order valence-electron chi connectivity index (χ3n) is 4.61. The number of hydrogen-bond acceptors (Lipinski definition) is 5. The number of thiophene rings is 1. The van der Waals surface area contributed by atoms with Crippen LogP contribution in [0.5, 0.6) is 0 Å². The number of rotatable bonds is 3. The van der Waals surface area contributed by atoms with Gasteiger partial charge in [-0.1, -0.05) is 6.07 Å². The molecule has 2 aromatic heterocycles. The average molecular weight is 358 g/mol. The lowest BCUT2D eigenvalue weighted by molar-refractivity contribution is -0.927. The summed E-state index contributed by atoms with van der Waals surface area (Å²) in [6, 6.07) is 5.71. The molecule has 0 spiro atoms. The van der Waals surface area contributed by atoms with Crippen molar-refractivity contribution in [1.29, 1.82) is 5.26 Å². The Morgan fingerprint density at radius 3 is 2.72 bits per heavy atom. The van der Waals surface area contributed by atoms with Gasteiger partial charge in [0.1, 0.15) is 11.6 Å². The fourth-order valence-corrected chi connectivity index (χ4v) is 3.65. The van der Waals surface area contributed by atoms with Crippen LogP contribution >= 0.6 is 11.3 Å². The van der Waals surface area contributed by atoms with E-state index in [-0.39, 0.29) is 17.0 Å². The van der Waals surface area contributed by atoms with Crippen molar-refractivity contribution in [3.05, 3.63) is 49.6 Å². The molecule has 0 aliphatic carbocycles. The molecule has 3 rings (SSSR count). The van der Waals surface area contributed by atoms with Crippen molar-refractivity contribution >= 4 is 17.2 Å². The van der Waals surface area contributed by atoms with Crippen LogP contribution in [0.4, 0.5) is 0 Å². The zero-order chi connectivity index (χ0) is 18.0. The fourth-order valence-electron chi connectivity index (χ4n) is 2.96. The van der Waals surface area contributed by atoms with Crippen LogP contribution in [0.3, 0.4) is 0 Å². The monoisotopic (exact) mass is 358 g/mol. The van der Waals surface area contributed by atoms with E-state index in [9.17, 15) is 14.9 Å². The van der Waals surface area contributed by atoms with Crippen molar-refractivity contribution in [2.45, 2.75) is 20.5 Å². The smallest absolute Gasteiger partial charge is 0.289 e. The van der Waals surface area contributed by atoms with Crippen molar-refractivity contribution in [2.24, 2.45) is 0 Å². The second-order valence-electron chi connectivity index (χ2n) is 6.18. The van der Waals surface area contributed by atoms with E-state index in [4.69, 9.17) is 0 Å². The molecule has 130 valence electrons. The van der Waals surface area contributed by atoms with Gasteiger partial charge in [0.15, 0.2) is 6.67 Å². The molecule has 0 saturated carbocycles. The Balaban J connectivity index is 1.67. The van der Waals surface area contributed by atoms with Crippen molar-refractivity contribution in [1.82, 2.24) is 14.7 Å².